The van der Waals surface area contributed by atoms with Crippen molar-refractivity contribution in [2.24, 2.45) is 0 Å². The fraction of sp³-hybridized carbons (Fsp3) is 0.0345. The average Bonchev–Trinajstić information content (AvgIpc) is 2.89. The van der Waals surface area contributed by atoms with Gasteiger partial charge in [-0.1, -0.05) is 60.7 Å². The van der Waals surface area contributed by atoms with Crippen molar-refractivity contribution in [2.45, 2.75) is 11.8 Å². The molecule has 7 nitrogen and oxygen atoms in total. The molecule has 0 saturated heterocycles. The third kappa shape index (κ3) is 6.71. The Bertz CT molecular complexity index is 1550. The average molecular weight is 513 g/mol. The fourth-order valence-corrected chi connectivity index (χ4v) is 4.43. The van der Waals surface area contributed by atoms with Crippen molar-refractivity contribution in [1.82, 2.24) is 4.72 Å². The molecule has 0 radical (unpaired) electrons. The van der Waals surface area contributed by atoms with Crippen LogP contribution in [0.2, 0.25) is 0 Å². The lowest BCUT2D eigenvalue weighted by Gasteiger charge is -2.14. The van der Waals surface area contributed by atoms with Gasteiger partial charge in [0, 0.05) is 17.8 Å². The van der Waals surface area contributed by atoms with Gasteiger partial charge in [-0.25, -0.2) is 13.1 Å². The van der Waals surface area contributed by atoms with E-state index in [1.165, 1.54) is 36.4 Å². The van der Waals surface area contributed by atoms with Crippen LogP contribution in [0.1, 0.15) is 21.5 Å². The highest BCUT2D eigenvalue weighted by Gasteiger charge is 2.22. The van der Waals surface area contributed by atoms with E-state index >= 15 is 0 Å². The number of rotatable bonds is 8. The maximum atomic E-state index is 13.0. The largest absolute Gasteiger partial charge is 0.456 e. The van der Waals surface area contributed by atoms with Crippen LogP contribution in [0, 0.1) is 6.92 Å². The Hall–Kier alpha value is -4.69. The molecule has 0 unspecified atom stereocenters. The summed E-state index contributed by atoms with van der Waals surface area (Å²) in [6, 6.07) is 28.3. The highest BCUT2D eigenvalue weighted by Crippen LogP contribution is 2.29. The van der Waals surface area contributed by atoms with Crippen LogP contribution in [-0.4, -0.2) is 20.2 Å². The van der Waals surface area contributed by atoms with E-state index < -0.39 is 15.9 Å². The first-order valence-electron chi connectivity index (χ1n) is 11.4. The molecular formula is C29H24N2O5S. The van der Waals surface area contributed by atoms with Gasteiger partial charge in [0.15, 0.2) is 0 Å². The van der Waals surface area contributed by atoms with E-state index in [1.54, 1.807) is 48.5 Å². The Labute approximate surface area is 215 Å². The SMILES string of the molecule is Cc1ccccc1C=CC(=O)Nc1ccc(C(=O)NS(=O)(=O)c2ccccc2)c(Oc2ccccc2)c1. The molecule has 2 N–H and O–H groups in total. The lowest BCUT2D eigenvalue weighted by molar-refractivity contribution is -0.111. The van der Waals surface area contributed by atoms with Crippen molar-refractivity contribution in [2.75, 3.05) is 5.32 Å². The summed E-state index contributed by atoms with van der Waals surface area (Å²) in [6.45, 7) is 1.95. The molecule has 0 bridgehead atoms. The number of benzene rings is 4. The van der Waals surface area contributed by atoms with Gasteiger partial charge >= 0.3 is 0 Å². The predicted octanol–water partition coefficient (Wildman–Crippen LogP) is 5.56. The smallest absolute Gasteiger partial charge is 0.268 e. The molecule has 0 heterocycles. The molecule has 4 aromatic rings. The van der Waals surface area contributed by atoms with Crippen LogP contribution in [0.15, 0.2) is 114 Å². The van der Waals surface area contributed by atoms with Crippen LogP contribution in [0.5, 0.6) is 11.5 Å². The predicted molar refractivity (Wildman–Crippen MR) is 143 cm³/mol. The second-order valence-electron chi connectivity index (χ2n) is 8.05. The van der Waals surface area contributed by atoms with E-state index in [-0.39, 0.29) is 22.1 Å². The van der Waals surface area contributed by atoms with Crippen LogP contribution >= 0.6 is 0 Å². The Kier molecular flexibility index (Phi) is 7.80. The number of para-hydroxylation sites is 1. The van der Waals surface area contributed by atoms with E-state index in [1.807, 2.05) is 37.3 Å². The van der Waals surface area contributed by atoms with Crippen molar-refractivity contribution < 1.29 is 22.7 Å². The zero-order chi connectivity index (χ0) is 26.3. The molecule has 0 atom stereocenters. The molecule has 0 aliphatic rings. The van der Waals surface area contributed by atoms with Crippen molar-refractivity contribution in [3.63, 3.8) is 0 Å². The maximum absolute atomic E-state index is 13.0. The number of amides is 2. The van der Waals surface area contributed by atoms with Crippen LogP contribution in [-0.2, 0) is 14.8 Å². The van der Waals surface area contributed by atoms with Gasteiger partial charge in [-0.3, -0.25) is 9.59 Å². The van der Waals surface area contributed by atoms with Crippen molar-refractivity contribution >= 4 is 33.6 Å². The van der Waals surface area contributed by atoms with E-state index in [9.17, 15) is 18.0 Å². The van der Waals surface area contributed by atoms with Gasteiger partial charge in [0.25, 0.3) is 15.9 Å². The molecule has 186 valence electrons. The maximum Gasteiger partial charge on any atom is 0.268 e. The van der Waals surface area contributed by atoms with Gasteiger partial charge in [0.2, 0.25) is 5.91 Å². The summed E-state index contributed by atoms with van der Waals surface area (Å²) >= 11 is 0. The molecular weight excluding hydrogens is 488 g/mol. The molecule has 2 amide bonds. The highest BCUT2D eigenvalue weighted by atomic mass is 32.2. The first-order chi connectivity index (χ1) is 17.8. The summed E-state index contributed by atoms with van der Waals surface area (Å²) in [5.74, 6) is -0.733. The van der Waals surface area contributed by atoms with Crippen LogP contribution in [0.3, 0.4) is 0 Å². The second kappa shape index (κ2) is 11.4. The lowest BCUT2D eigenvalue weighted by Crippen LogP contribution is -2.30. The van der Waals surface area contributed by atoms with Gasteiger partial charge in [-0.2, -0.15) is 0 Å². The third-order valence-electron chi connectivity index (χ3n) is 5.35. The van der Waals surface area contributed by atoms with Gasteiger partial charge in [0.05, 0.1) is 10.5 Å². The number of carbonyl (C=O) groups is 2. The molecule has 8 heteroatoms. The summed E-state index contributed by atoms with van der Waals surface area (Å²) in [5, 5.41) is 2.74. The van der Waals surface area contributed by atoms with Crippen LogP contribution in [0.4, 0.5) is 5.69 Å². The van der Waals surface area contributed by atoms with Gasteiger partial charge in [0.1, 0.15) is 11.5 Å². The molecule has 0 saturated carbocycles. The van der Waals surface area contributed by atoms with E-state index in [4.69, 9.17) is 4.74 Å². The molecule has 0 fully saturated rings. The number of hydrogen-bond donors (Lipinski definition) is 2. The lowest BCUT2D eigenvalue weighted by atomic mass is 10.1. The Morgan fingerprint density at radius 3 is 2.16 bits per heavy atom. The van der Waals surface area contributed by atoms with Crippen molar-refractivity contribution in [3.8, 4) is 11.5 Å². The molecule has 0 aromatic heterocycles. The number of hydrogen-bond acceptors (Lipinski definition) is 5. The Balaban J connectivity index is 1.59. The molecule has 0 aliphatic heterocycles. The van der Waals surface area contributed by atoms with E-state index in [0.29, 0.717) is 11.4 Å². The Morgan fingerprint density at radius 1 is 0.811 bits per heavy atom. The monoisotopic (exact) mass is 512 g/mol. The number of ether oxygens (including phenoxy) is 1. The summed E-state index contributed by atoms with van der Waals surface area (Å²) in [4.78, 5) is 25.5. The zero-order valence-electron chi connectivity index (χ0n) is 19.9. The fourth-order valence-electron chi connectivity index (χ4n) is 3.45. The number of carbonyl (C=O) groups excluding carboxylic acids is 2. The van der Waals surface area contributed by atoms with Crippen molar-refractivity contribution in [1.29, 1.82) is 0 Å². The first-order valence-corrected chi connectivity index (χ1v) is 12.8. The number of anilines is 1. The minimum atomic E-state index is -4.10. The van der Waals surface area contributed by atoms with Gasteiger partial charge in [-0.15, -0.1) is 0 Å². The molecule has 4 rings (SSSR count). The normalized spacial score (nSPS) is 11.2. The minimum Gasteiger partial charge on any atom is -0.456 e. The summed E-state index contributed by atoms with van der Waals surface area (Å²) in [5.41, 5.74) is 2.30. The number of sulfonamides is 1. The number of nitrogens with one attached hydrogen (secondary N) is 2. The summed E-state index contributed by atoms with van der Waals surface area (Å²) in [6.07, 6.45) is 3.12. The first kappa shape index (κ1) is 25.4. The van der Waals surface area contributed by atoms with Crippen LogP contribution < -0.4 is 14.8 Å². The van der Waals surface area contributed by atoms with Gasteiger partial charge in [-0.05, 0) is 60.5 Å². The summed E-state index contributed by atoms with van der Waals surface area (Å²) in [7, 11) is -4.10. The molecule has 0 spiro atoms. The zero-order valence-corrected chi connectivity index (χ0v) is 20.7. The van der Waals surface area contributed by atoms with E-state index in [2.05, 4.69) is 10.0 Å². The Morgan fingerprint density at radius 2 is 1.46 bits per heavy atom. The quantitative estimate of drug-likeness (QED) is 0.301. The second-order valence-corrected chi connectivity index (χ2v) is 9.74. The minimum absolute atomic E-state index is 0.0168. The topological polar surface area (TPSA) is 102 Å². The summed E-state index contributed by atoms with van der Waals surface area (Å²) < 4.78 is 33.3. The van der Waals surface area contributed by atoms with Gasteiger partial charge < -0.3 is 10.1 Å². The third-order valence-corrected chi connectivity index (χ3v) is 6.69. The van der Waals surface area contributed by atoms with Crippen molar-refractivity contribution in [3.05, 3.63) is 126 Å². The molecule has 4 aromatic carbocycles. The number of aryl methyl sites for hydroxylation is 1. The molecule has 37 heavy (non-hydrogen) atoms. The van der Waals surface area contributed by atoms with Crippen LogP contribution in [0.25, 0.3) is 6.08 Å². The standard InChI is InChI=1S/C29H24N2O5S/c1-21-10-8-9-11-22(21)16-19-28(32)30-23-17-18-26(27(20-23)36-24-12-4-2-5-13-24)29(33)31-37(34,35)25-14-6-3-7-15-25/h2-20H,1H3,(H,30,32)(H,31,33). The molecule has 0 aliphatic carbocycles. The highest BCUT2D eigenvalue weighted by molar-refractivity contribution is 7.90. The van der Waals surface area contributed by atoms with E-state index in [0.717, 1.165) is 11.1 Å².